The van der Waals surface area contributed by atoms with Gasteiger partial charge in [0.15, 0.2) is 5.69 Å². The summed E-state index contributed by atoms with van der Waals surface area (Å²) < 4.78 is 41.1. The van der Waals surface area contributed by atoms with Crippen LogP contribution in [0, 0.1) is 18.2 Å². The molecular weight excluding hydrogens is 841 g/mol. The van der Waals surface area contributed by atoms with E-state index in [2.05, 4.69) is 187 Å². The number of rotatable bonds is 5. The van der Waals surface area contributed by atoms with Gasteiger partial charge in [-0.1, -0.05) is 115 Å². The molecule has 0 fully saturated rings. The Morgan fingerprint density at radius 2 is 0.632 bits per heavy atom. The molecule has 0 saturated carbocycles. The normalized spacial score (nSPS) is 12.0. The number of hydrogen-bond acceptors (Lipinski definition) is 0. The minimum Gasteiger partial charge on any atom is -0.309 e. The van der Waals surface area contributed by atoms with Crippen molar-refractivity contribution < 1.29 is 8.78 Å². The summed E-state index contributed by atoms with van der Waals surface area (Å²) in [4.78, 5) is 3.99. The van der Waals surface area contributed by atoms with Gasteiger partial charge in [-0.05, 0) is 103 Å². The van der Waals surface area contributed by atoms with Crippen LogP contribution in [0.3, 0.4) is 0 Å². The Morgan fingerprint density at radius 3 is 1.01 bits per heavy atom. The van der Waals surface area contributed by atoms with E-state index in [0.29, 0.717) is 11.4 Å². The van der Waals surface area contributed by atoms with Gasteiger partial charge in [0.1, 0.15) is 11.6 Å². The van der Waals surface area contributed by atoms with Crippen LogP contribution in [0.25, 0.3) is 126 Å². The van der Waals surface area contributed by atoms with Gasteiger partial charge in [-0.2, -0.15) is 0 Å². The molecule has 0 bridgehead atoms. The molecule has 10 aromatic carbocycles. The lowest BCUT2D eigenvalue weighted by molar-refractivity contribution is 0.590. The zero-order valence-electron chi connectivity index (χ0n) is 36.2. The van der Waals surface area contributed by atoms with E-state index in [-0.39, 0.29) is 16.8 Å². The van der Waals surface area contributed by atoms with Crippen molar-refractivity contribution in [2.24, 2.45) is 0 Å². The highest BCUT2D eigenvalue weighted by molar-refractivity contribution is 6.15. The summed E-state index contributed by atoms with van der Waals surface area (Å²) in [5.74, 6) is -1.47. The maximum absolute atomic E-state index is 16.0. The average molecular weight is 876 g/mol. The second kappa shape index (κ2) is 14.4. The molecule has 0 spiro atoms. The Hall–Kier alpha value is -9.25. The van der Waals surface area contributed by atoms with E-state index in [4.69, 9.17) is 6.57 Å². The molecule has 5 nitrogen and oxygen atoms in total. The van der Waals surface area contributed by atoms with Gasteiger partial charge in [0.2, 0.25) is 0 Å². The van der Waals surface area contributed by atoms with Crippen LogP contribution in [0.15, 0.2) is 212 Å². The Labute approximate surface area is 387 Å². The van der Waals surface area contributed by atoms with Gasteiger partial charge >= 0.3 is 0 Å². The molecule has 0 aliphatic carbocycles. The summed E-state index contributed by atoms with van der Waals surface area (Å²) in [6.07, 6.45) is 0. The van der Waals surface area contributed by atoms with Crippen LogP contribution in [0.5, 0.6) is 0 Å². The molecule has 0 radical (unpaired) electrons. The molecule has 4 aromatic heterocycles. The summed E-state index contributed by atoms with van der Waals surface area (Å²) in [6, 6.07) is 71.2. The molecule has 4 heterocycles. The topological polar surface area (TPSA) is 24.1 Å². The van der Waals surface area contributed by atoms with Gasteiger partial charge < -0.3 is 18.3 Å². The minimum absolute atomic E-state index is 0.134. The zero-order chi connectivity index (χ0) is 45.2. The van der Waals surface area contributed by atoms with Crippen LogP contribution in [0.1, 0.15) is 0 Å². The average Bonchev–Trinajstić information content (AvgIpc) is 4.11. The SMILES string of the molecule is [C-]#[N+]c1cc(-n2c3ccccc3c3cc(-n4c5ccccc5c5ccccc54)ccc32)c(-n2c3ccccc3c3cc(-n4c5ccccc5c5ccccc54)ccc32)cc1-c1c(F)cccc1F. The van der Waals surface area contributed by atoms with Crippen LogP contribution in [0.4, 0.5) is 14.5 Å². The van der Waals surface area contributed by atoms with Crippen molar-refractivity contribution >= 4 is 92.9 Å². The highest BCUT2D eigenvalue weighted by atomic mass is 19.1. The van der Waals surface area contributed by atoms with E-state index in [9.17, 15) is 0 Å². The molecule has 0 aliphatic rings. The maximum atomic E-state index is 16.0. The molecule has 14 aromatic rings. The first-order valence-electron chi connectivity index (χ1n) is 22.6. The number of fused-ring (bicyclic) bond motifs is 12. The van der Waals surface area contributed by atoms with Crippen molar-refractivity contribution in [1.82, 2.24) is 18.3 Å². The maximum Gasteiger partial charge on any atom is 0.197 e. The second-order valence-electron chi connectivity index (χ2n) is 17.4. The molecule has 0 N–H and O–H groups in total. The van der Waals surface area contributed by atoms with Crippen LogP contribution in [0.2, 0.25) is 0 Å². The first kappa shape index (κ1) is 38.1. The van der Waals surface area contributed by atoms with E-state index < -0.39 is 11.6 Å². The third-order valence-corrected chi connectivity index (χ3v) is 13.9. The van der Waals surface area contributed by atoms with Gasteiger partial charge in [-0.15, -0.1) is 0 Å². The van der Waals surface area contributed by atoms with Crippen LogP contribution >= 0.6 is 0 Å². The summed E-state index contributed by atoms with van der Waals surface area (Å²) in [7, 11) is 0. The highest BCUT2D eigenvalue weighted by Crippen LogP contribution is 2.45. The molecule has 0 aliphatic heterocycles. The van der Waals surface area contributed by atoms with Crippen LogP contribution in [-0.4, -0.2) is 18.3 Å². The molecule has 14 rings (SSSR count). The van der Waals surface area contributed by atoms with Gasteiger partial charge in [-0.3, -0.25) is 0 Å². The summed E-state index contributed by atoms with van der Waals surface area (Å²) in [5, 5.41) is 8.80. The third kappa shape index (κ3) is 5.28. The van der Waals surface area contributed by atoms with Crippen molar-refractivity contribution in [2.75, 3.05) is 0 Å². The molecular formula is C61H35F2N5. The molecule has 0 unspecified atom stereocenters. The van der Waals surface area contributed by atoms with E-state index in [1.807, 2.05) is 30.3 Å². The molecule has 318 valence electrons. The van der Waals surface area contributed by atoms with Crippen LogP contribution in [-0.2, 0) is 0 Å². The Balaban J connectivity index is 1.08. The van der Waals surface area contributed by atoms with E-state index in [0.717, 1.165) is 77.1 Å². The van der Waals surface area contributed by atoms with Crippen molar-refractivity contribution in [3.05, 3.63) is 235 Å². The first-order valence-corrected chi connectivity index (χ1v) is 22.6. The number of benzene rings is 10. The zero-order valence-corrected chi connectivity index (χ0v) is 36.2. The van der Waals surface area contributed by atoms with Gasteiger partial charge in [-0.25, -0.2) is 13.6 Å². The van der Waals surface area contributed by atoms with Crippen molar-refractivity contribution in [1.29, 1.82) is 0 Å². The van der Waals surface area contributed by atoms with Crippen LogP contribution < -0.4 is 0 Å². The smallest absolute Gasteiger partial charge is 0.197 e. The predicted molar refractivity (Wildman–Crippen MR) is 275 cm³/mol. The van der Waals surface area contributed by atoms with Crippen molar-refractivity contribution in [2.45, 2.75) is 0 Å². The fourth-order valence-corrected chi connectivity index (χ4v) is 11.1. The number of para-hydroxylation sites is 6. The highest BCUT2D eigenvalue weighted by Gasteiger charge is 2.25. The standard InChI is InChI=1S/C61H35F2N5/c1-64-50-36-60(68-56-28-13-7-20-44(56)46-34-38(30-32-58(46)68)66-53-25-10-4-17-41(53)42-18-5-11-26-54(42)66)59(35-47(50)61-48(62)21-14-22-49(61)63)67-55-27-12-6-19-43(55)45-33-37(29-31-57(45)67)65-51-23-8-2-15-39(51)40-16-3-9-24-52(40)65/h2-36H. The first-order chi connectivity index (χ1) is 33.6. The number of hydrogen-bond donors (Lipinski definition) is 0. The van der Waals surface area contributed by atoms with Gasteiger partial charge in [0.25, 0.3) is 0 Å². The molecule has 0 amide bonds. The van der Waals surface area contributed by atoms with E-state index >= 15 is 8.78 Å². The van der Waals surface area contributed by atoms with E-state index in [1.54, 1.807) is 0 Å². The molecule has 68 heavy (non-hydrogen) atoms. The Morgan fingerprint density at radius 1 is 0.309 bits per heavy atom. The fraction of sp³-hybridized carbons (Fsp3) is 0. The summed E-state index contributed by atoms with van der Waals surface area (Å²) >= 11 is 0. The minimum atomic E-state index is -0.735. The molecule has 0 atom stereocenters. The monoisotopic (exact) mass is 875 g/mol. The van der Waals surface area contributed by atoms with Gasteiger partial charge in [0, 0.05) is 60.0 Å². The van der Waals surface area contributed by atoms with E-state index in [1.165, 1.54) is 39.7 Å². The number of aromatic nitrogens is 4. The van der Waals surface area contributed by atoms with Crippen molar-refractivity contribution in [3.8, 4) is 33.9 Å². The summed E-state index contributed by atoms with van der Waals surface area (Å²) in [6.45, 7) is 8.54. The van der Waals surface area contributed by atoms with Crippen molar-refractivity contribution in [3.63, 3.8) is 0 Å². The fourth-order valence-electron chi connectivity index (χ4n) is 11.1. The van der Waals surface area contributed by atoms with Gasteiger partial charge in [0.05, 0.1) is 62.1 Å². The quantitative estimate of drug-likeness (QED) is 0.154. The predicted octanol–water partition coefficient (Wildman–Crippen LogP) is 16.6. The lowest BCUT2D eigenvalue weighted by Gasteiger charge is -2.20. The second-order valence-corrected chi connectivity index (χ2v) is 17.4. The molecule has 7 heteroatoms. The summed E-state index contributed by atoms with van der Waals surface area (Å²) in [5.41, 5.74) is 11.6. The number of halogens is 2. The molecule has 0 saturated heterocycles. The lowest BCUT2D eigenvalue weighted by Crippen LogP contribution is -2.05. The lowest BCUT2D eigenvalue weighted by atomic mass is 10.00. The Bertz CT molecular complexity index is 4370. The Kier molecular flexibility index (Phi) is 8.05. The number of nitrogens with zero attached hydrogens (tertiary/aromatic N) is 5. The largest absolute Gasteiger partial charge is 0.309 e. The third-order valence-electron chi connectivity index (χ3n) is 13.9.